The summed E-state index contributed by atoms with van der Waals surface area (Å²) in [6, 6.07) is 10.4. The molecular weight excluding hydrogens is 318 g/mol. The fourth-order valence-corrected chi connectivity index (χ4v) is 2.72. The lowest BCUT2D eigenvalue weighted by molar-refractivity contribution is 0.399. The fourth-order valence-electron chi connectivity index (χ4n) is 2.72. The molecule has 0 unspecified atom stereocenters. The lowest BCUT2D eigenvalue weighted by atomic mass is 9.96. The molecule has 5 nitrogen and oxygen atoms in total. The monoisotopic (exact) mass is 335 g/mol. The first-order chi connectivity index (χ1) is 12.0. The van der Waals surface area contributed by atoms with Gasteiger partial charge < -0.3 is 19.5 Å². The Morgan fingerprint density at radius 2 is 1.88 bits per heavy atom. The van der Waals surface area contributed by atoms with E-state index in [2.05, 4.69) is 11.1 Å². The number of aryl methyl sites for hydroxylation is 1. The first-order valence-electron chi connectivity index (χ1n) is 7.64. The number of benzene rings is 2. The molecular formula is C20H17NO4. The quantitative estimate of drug-likeness (QED) is 0.707. The zero-order valence-corrected chi connectivity index (χ0v) is 13.9. The Morgan fingerprint density at radius 3 is 2.52 bits per heavy atom. The van der Waals surface area contributed by atoms with Crippen molar-refractivity contribution in [3.8, 4) is 52.0 Å². The molecule has 0 amide bonds. The molecule has 3 aromatic rings. The third-order valence-corrected chi connectivity index (χ3v) is 3.99. The van der Waals surface area contributed by atoms with Crippen molar-refractivity contribution in [2.75, 3.05) is 7.11 Å². The summed E-state index contributed by atoms with van der Waals surface area (Å²) in [5.74, 6) is 3.70. The number of aromatic hydroxyl groups is 2. The number of rotatable bonds is 4. The van der Waals surface area contributed by atoms with Crippen LogP contribution in [0.3, 0.4) is 0 Å². The van der Waals surface area contributed by atoms with E-state index in [0.717, 1.165) is 16.9 Å². The van der Waals surface area contributed by atoms with Gasteiger partial charge in [0.15, 0.2) is 0 Å². The fraction of sp³-hybridized carbons (Fsp3) is 0.150. The number of hydrogen-bond acceptors (Lipinski definition) is 5. The number of methoxy groups -OCH3 is 1. The Balaban J connectivity index is 2.16. The van der Waals surface area contributed by atoms with Crippen LogP contribution in [-0.4, -0.2) is 22.5 Å². The summed E-state index contributed by atoms with van der Waals surface area (Å²) in [4.78, 5) is 0. The molecule has 0 atom stereocenters. The van der Waals surface area contributed by atoms with Crippen molar-refractivity contribution < 1.29 is 19.5 Å². The molecule has 0 aliphatic rings. The predicted octanol–water partition coefficient (Wildman–Crippen LogP) is 3.91. The number of terminal acetylenes is 1. The molecule has 0 aliphatic heterocycles. The summed E-state index contributed by atoms with van der Waals surface area (Å²) >= 11 is 0. The number of phenols is 2. The van der Waals surface area contributed by atoms with Crippen molar-refractivity contribution in [1.29, 1.82) is 0 Å². The summed E-state index contributed by atoms with van der Waals surface area (Å²) in [6.07, 6.45) is 5.58. The van der Waals surface area contributed by atoms with Gasteiger partial charge in [0, 0.05) is 23.6 Å². The van der Waals surface area contributed by atoms with Gasteiger partial charge in [-0.1, -0.05) is 17.3 Å². The van der Waals surface area contributed by atoms with Crippen LogP contribution in [0.25, 0.3) is 22.4 Å². The molecule has 0 saturated carbocycles. The van der Waals surface area contributed by atoms with Gasteiger partial charge in [-0.15, -0.1) is 12.3 Å². The Kier molecular flexibility index (Phi) is 4.36. The third-order valence-electron chi connectivity index (χ3n) is 3.99. The van der Waals surface area contributed by atoms with E-state index in [9.17, 15) is 10.2 Å². The largest absolute Gasteiger partial charge is 0.507 e. The SMILES string of the molecule is C#CCc1cc(-c2noc(C)c2-c2ccc(OC)cc2)c(O)cc1O. The number of phenolic OH excluding ortho intramolecular Hbond substituents is 2. The third kappa shape index (κ3) is 3.02. The molecule has 0 aliphatic carbocycles. The first-order valence-corrected chi connectivity index (χ1v) is 7.64. The Labute approximate surface area is 145 Å². The van der Waals surface area contributed by atoms with Gasteiger partial charge in [0.2, 0.25) is 0 Å². The Bertz CT molecular complexity index is 949. The molecule has 0 spiro atoms. The van der Waals surface area contributed by atoms with Gasteiger partial charge in [-0.05, 0) is 30.7 Å². The van der Waals surface area contributed by atoms with Gasteiger partial charge in [-0.3, -0.25) is 0 Å². The van der Waals surface area contributed by atoms with Gasteiger partial charge in [-0.25, -0.2) is 0 Å². The van der Waals surface area contributed by atoms with Crippen LogP contribution in [0.5, 0.6) is 17.2 Å². The summed E-state index contributed by atoms with van der Waals surface area (Å²) in [6.45, 7) is 1.80. The lowest BCUT2D eigenvalue weighted by Gasteiger charge is -2.09. The van der Waals surface area contributed by atoms with Crippen molar-refractivity contribution in [1.82, 2.24) is 5.16 Å². The van der Waals surface area contributed by atoms with E-state index in [1.54, 1.807) is 20.1 Å². The maximum Gasteiger partial charge on any atom is 0.142 e. The Hall–Kier alpha value is -3.39. The maximum atomic E-state index is 10.3. The molecule has 0 saturated heterocycles. The van der Waals surface area contributed by atoms with Crippen LogP contribution in [0.1, 0.15) is 11.3 Å². The molecule has 0 bridgehead atoms. The predicted molar refractivity (Wildman–Crippen MR) is 94.5 cm³/mol. The normalized spacial score (nSPS) is 10.4. The minimum atomic E-state index is -0.0960. The van der Waals surface area contributed by atoms with Crippen molar-refractivity contribution in [2.45, 2.75) is 13.3 Å². The summed E-state index contributed by atoms with van der Waals surface area (Å²) in [5, 5.41) is 24.3. The van der Waals surface area contributed by atoms with E-state index >= 15 is 0 Å². The minimum absolute atomic E-state index is 0.0505. The summed E-state index contributed by atoms with van der Waals surface area (Å²) in [7, 11) is 1.60. The van der Waals surface area contributed by atoms with Gasteiger partial charge in [0.1, 0.15) is 28.7 Å². The highest BCUT2D eigenvalue weighted by Crippen LogP contribution is 2.41. The van der Waals surface area contributed by atoms with E-state index < -0.39 is 0 Å². The van der Waals surface area contributed by atoms with Crippen LogP contribution in [0.2, 0.25) is 0 Å². The second kappa shape index (κ2) is 6.62. The molecule has 1 heterocycles. The second-order valence-electron chi connectivity index (χ2n) is 5.57. The highest BCUT2D eigenvalue weighted by Gasteiger charge is 2.20. The number of ether oxygens (including phenoxy) is 1. The zero-order valence-electron chi connectivity index (χ0n) is 13.9. The van der Waals surface area contributed by atoms with Gasteiger partial charge in [-0.2, -0.15) is 0 Å². The average Bonchev–Trinajstić information content (AvgIpc) is 2.99. The topological polar surface area (TPSA) is 75.7 Å². The van der Waals surface area contributed by atoms with Crippen molar-refractivity contribution in [2.24, 2.45) is 0 Å². The van der Waals surface area contributed by atoms with E-state index in [4.69, 9.17) is 15.7 Å². The van der Waals surface area contributed by atoms with E-state index in [1.165, 1.54) is 6.07 Å². The highest BCUT2D eigenvalue weighted by atomic mass is 16.5. The molecule has 2 N–H and O–H groups in total. The summed E-state index contributed by atoms with van der Waals surface area (Å²) in [5.41, 5.74) is 3.11. The molecule has 126 valence electrons. The van der Waals surface area contributed by atoms with Crippen molar-refractivity contribution in [3.05, 3.63) is 47.7 Å². The van der Waals surface area contributed by atoms with Crippen LogP contribution in [-0.2, 0) is 6.42 Å². The second-order valence-corrected chi connectivity index (χ2v) is 5.57. The highest BCUT2D eigenvalue weighted by molar-refractivity contribution is 5.85. The van der Waals surface area contributed by atoms with Crippen LogP contribution in [0.15, 0.2) is 40.9 Å². The van der Waals surface area contributed by atoms with Gasteiger partial charge >= 0.3 is 0 Å². The van der Waals surface area contributed by atoms with Gasteiger partial charge in [0.25, 0.3) is 0 Å². The molecule has 25 heavy (non-hydrogen) atoms. The molecule has 0 radical (unpaired) electrons. The van der Waals surface area contributed by atoms with E-state index in [1.807, 2.05) is 24.3 Å². The molecule has 3 rings (SSSR count). The lowest BCUT2D eigenvalue weighted by Crippen LogP contribution is -1.90. The van der Waals surface area contributed by atoms with Crippen LogP contribution in [0.4, 0.5) is 0 Å². The molecule has 1 aromatic heterocycles. The standard InChI is InChI=1S/C20H17NO4/c1-4-5-14-10-16(18(23)11-17(14)22)20-19(12(2)25-21-20)13-6-8-15(24-3)9-7-13/h1,6-11,22-23H,5H2,2-3H3. The average molecular weight is 335 g/mol. The number of aromatic nitrogens is 1. The van der Waals surface area contributed by atoms with Crippen LogP contribution >= 0.6 is 0 Å². The molecule has 2 aromatic carbocycles. The minimum Gasteiger partial charge on any atom is -0.507 e. The van der Waals surface area contributed by atoms with Crippen molar-refractivity contribution >= 4 is 0 Å². The molecule has 5 heteroatoms. The zero-order chi connectivity index (χ0) is 18.0. The smallest absolute Gasteiger partial charge is 0.142 e. The Morgan fingerprint density at radius 1 is 1.16 bits per heavy atom. The van der Waals surface area contributed by atoms with Crippen LogP contribution < -0.4 is 4.74 Å². The van der Waals surface area contributed by atoms with Crippen molar-refractivity contribution in [3.63, 3.8) is 0 Å². The molecule has 0 fully saturated rings. The summed E-state index contributed by atoms with van der Waals surface area (Å²) < 4.78 is 10.5. The van der Waals surface area contributed by atoms with E-state index in [0.29, 0.717) is 22.6 Å². The van der Waals surface area contributed by atoms with Gasteiger partial charge in [0.05, 0.1) is 12.7 Å². The number of nitrogens with zero attached hydrogens (tertiary/aromatic N) is 1. The van der Waals surface area contributed by atoms with Crippen LogP contribution in [0, 0.1) is 19.3 Å². The van der Waals surface area contributed by atoms with E-state index in [-0.39, 0.29) is 17.9 Å². The maximum absolute atomic E-state index is 10.3. The first kappa shape index (κ1) is 16.5. The number of hydrogen-bond donors (Lipinski definition) is 2.